The van der Waals surface area contributed by atoms with Gasteiger partial charge in [0.05, 0.1) is 30.0 Å². The Morgan fingerprint density at radius 3 is 2.69 bits per heavy atom. The summed E-state index contributed by atoms with van der Waals surface area (Å²) in [6, 6.07) is 12.9. The zero-order valence-corrected chi connectivity index (χ0v) is 19.1. The van der Waals surface area contributed by atoms with Crippen LogP contribution in [0.3, 0.4) is 0 Å². The van der Waals surface area contributed by atoms with E-state index in [4.69, 9.17) is 16.3 Å². The number of thiophene rings is 1. The van der Waals surface area contributed by atoms with E-state index in [9.17, 15) is 14.0 Å². The van der Waals surface area contributed by atoms with Crippen molar-refractivity contribution in [1.29, 1.82) is 0 Å². The van der Waals surface area contributed by atoms with Crippen molar-refractivity contribution >= 4 is 33.2 Å². The van der Waals surface area contributed by atoms with Crippen LogP contribution in [0.4, 0.5) is 4.39 Å². The number of ether oxygens (including phenoxy) is 1. The van der Waals surface area contributed by atoms with Crippen molar-refractivity contribution in [1.82, 2.24) is 9.13 Å². The fourth-order valence-electron chi connectivity index (χ4n) is 4.12. The third kappa shape index (κ3) is 3.50. The molecule has 0 bridgehead atoms. The third-order valence-electron chi connectivity index (χ3n) is 5.70. The lowest BCUT2D eigenvalue weighted by Gasteiger charge is -2.30. The fourth-order valence-corrected chi connectivity index (χ4v) is 5.76. The van der Waals surface area contributed by atoms with Crippen molar-refractivity contribution < 1.29 is 9.13 Å². The van der Waals surface area contributed by atoms with Crippen molar-refractivity contribution in [3.63, 3.8) is 0 Å². The van der Waals surface area contributed by atoms with Crippen molar-refractivity contribution in [3.05, 3.63) is 96.2 Å². The summed E-state index contributed by atoms with van der Waals surface area (Å²) in [7, 11) is 0. The Morgan fingerprint density at radius 1 is 1.16 bits per heavy atom. The molecule has 0 atom stereocenters. The smallest absolute Gasteiger partial charge is 0.336 e. The second-order valence-electron chi connectivity index (χ2n) is 8.49. The van der Waals surface area contributed by atoms with Crippen molar-refractivity contribution in [2.45, 2.75) is 39.0 Å². The SMILES string of the molecule is CC1(C)Cc2sc3c(=O)n(-c4cccc(Cl)c4)c(=O)n(Cc4ccccc4F)c3c2CO1. The summed E-state index contributed by atoms with van der Waals surface area (Å²) < 4.78 is 23.5. The molecule has 164 valence electrons. The zero-order valence-electron chi connectivity index (χ0n) is 17.5. The minimum atomic E-state index is -0.543. The first kappa shape index (κ1) is 21.1. The summed E-state index contributed by atoms with van der Waals surface area (Å²) in [5, 5.41) is 0.412. The number of hydrogen-bond acceptors (Lipinski definition) is 4. The molecule has 4 aromatic rings. The van der Waals surface area contributed by atoms with Gasteiger partial charge >= 0.3 is 5.69 Å². The van der Waals surface area contributed by atoms with Gasteiger partial charge in [-0.3, -0.25) is 9.36 Å². The average Bonchev–Trinajstić information content (AvgIpc) is 3.10. The van der Waals surface area contributed by atoms with Gasteiger partial charge in [0.15, 0.2) is 0 Å². The predicted molar refractivity (Wildman–Crippen MR) is 125 cm³/mol. The summed E-state index contributed by atoms with van der Waals surface area (Å²) in [6.07, 6.45) is 0.631. The molecule has 0 unspecified atom stereocenters. The van der Waals surface area contributed by atoms with Crippen LogP contribution in [-0.4, -0.2) is 14.7 Å². The van der Waals surface area contributed by atoms with Gasteiger partial charge < -0.3 is 4.74 Å². The van der Waals surface area contributed by atoms with Gasteiger partial charge in [0.1, 0.15) is 10.5 Å². The van der Waals surface area contributed by atoms with Gasteiger partial charge in [0.2, 0.25) is 0 Å². The van der Waals surface area contributed by atoms with E-state index in [1.165, 1.54) is 22.0 Å². The van der Waals surface area contributed by atoms with Crippen molar-refractivity contribution in [2.24, 2.45) is 0 Å². The highest BCUT2D eigenvalue weighted by Crippen LogP contribution is 2.37. The molecule has 5 rings (SSSR count). The van der Waals surface area contributed by atoms with Gasteiger partial charge in [0, 0.05) is 27.4 Å². The maximum absolute atomic E-state index is 14.5. The van der Waals surface area contributed by atoms with E-state index in [2.05, 4.69) is 0 Å². The van der Waals surface area contributed by atoms with Crippen LogP contribution in [0.1, 0.15) is 29.9 Å². The van der Waals surface area contributed by atoms with Gasteiger partial charge in [-0.05, 0) is 38.1 Å². The van der Waals surface area contributed by atoms with Crippen LogP contribution in [0.15, 0.2) is 58.1 Å². The molecule has 32 heavy (non-hydrogen) atoms. The number of fused-ring (bicyclic) bond motifs is 3. The molecule has 0 fully saturated rings. The van der Waals surface area contributed by atoms with Crippen LogP contribution >= 0.6 is 22.9 Å². The Bertz CT molecular complexity index is 1490. The molecule has 2 aromatic heterocycles. The first-order chi connectivity index (χ1) is 15.2. The molecule has 5 nitrogen and oxygen atoms in total. The number of nitrogens with zero attached hydrogens (tertiary/aromatic N) is 2. The predicted octanol–water partition coefficient (Wildman–Crippen LogP) is 4.91. The maximum atomic E-state index is 14.5. The van der Waals surface area contributed by atoms with E-state index in [1.54, 1.807) is 42.5 Å². The minimum absolute atomic E-state index is 0.00455. The van der Waals surface area contributed by atoms with Crippen LogP contribution in [0.25, 0.3) is 15.9 Å². The van der Waals surface area contributed by atoms with E-state index < -0.39 is 17.1 Å². The Balaban J connectivity index is 1.85. The molecule has 0 N–H and O–H groups in total. The third-order valence-corrected chi connectivity index (χ3v) is 7.14. The number of halogens is 2. The van der Waals surface area contributed by atoms with E-state index in [1.807, 2.05) is 13.8 Å². The lowest BCUT2D eigenvalue weighted by Crippen LogP contribution is -2.39. The highest BCUT2D eigenvalue weighted by molar-refractivity contribution is 7.19. The summed E-state index contributed by atoms with van der Waals surface area (Å²) in [4.78, 5) is 28.2. The quantitative estimate of drug-likeness (QED) is 0.427. The summed E-state index contributed by atoms with van der Waals surface area (Å²) in [6.45, 7) is 4.28. The van der Waals surface area contributed by atoms with Gasteiger partial charge in [-0.15, -0.1) is 11.3 Å². The van der Waals surface area contributed by atoms with Crippen LogP contribution in [0, 0.1) is 5.82 Å². The number of rotatable bonds is 3. The van der Waals surface area contributed by atoms with Gasteiger partial charge in [-0.25, -0.2) is 13.8 Å². The molecule has 1 aliphatic rings. The molecule has 1 aliphatic heterocycles. The van der Waals surface area contributed by atoms with Crippen LogP contribution in [0.5, 0.6) is 0 Å². The van der Waals surface area contributed by atoms with Crippen molar-refractivity contribution in [2.75, 3.05) is 0 Å². The molecule has 0 aliphatic carbocycles. The molecule has 3 heterocycles. The van der Waals surface area contributed by atoms with Gasteiger partial charge in [-0.2, -0.15) is 0 Å². The molecule has 0 saturated heterocycles. The molecule has 0 amide bonds. The summed E-state index contributed by atoms with van der Waals surface area (Å²) >= 11 is 7.51. The maximum Gasteiger partial charge on any atom is 0.336 e. The molecule has 2 aromatic carbocycles. The Kier molecular flexibility index (Phi) is 5.08. The largest absolute Gasteiger partial charge is 0.370 e. The number of benzene rings is 2. The minimum Gasteiger partial charge on any atom is -0.370 e. The average molecular weight is 471 g/mol. The Morgan fingerprint density at radius 2 is 1.94 bits per heavy atom. The highest BCUT2D eigenvalue weighted by atomic mass is 35.5. The lowest BCUT2D eigenvalue weighted by molar-refractivity contribution is -0.0384. The molecule has 0 radical (unpaired) electrons. The Labute approximate surface area is 192 Å². The molecular weight excluding hydrogens is 451 g/mol. The fraction of sp³-hybridized carbons (Fsp3) is 0.250. The van der Waals surface area contributed by atoms with Gasteiger partial charge in [0.25, 0.3) is 5.56 Å². The van der Waals surface area contributed by atoms with E-state index in [-0.39, 0.29) is 12.1 Å². The van der Waals surface area contributed by atoms with Crippen LogP contribution in [0.2, 0.25) is 5.02 Å². The molecule has 0 spiro atoms. The van der Waals surface area contributed by atoms with Crippen LogP contribution in [-0.2, 0) is 24.3 Å². The lowest BCUT2D eigenvalue weighted by atomic mass is 9.98. The molecule has 0 saturated carbocycles. The van der Waals surface area contributed by atoms with Crippen LogP contribution < -0.4 is 11.2 Å². The second kappa shape index (κ2) is 7.69. The topological polar surface area (TPSA) is 53.2 Å². The zero-order chi connectivity index (χ0) is 22.6. The van der Waals surface area contributed by atoms with E-state index in [0.29, 0.717) is 39.5 Å². The van der Waals surface area contributed by atoms with Gasteiger partial charge in [-0.1, -0.05) is 35.9 Å². The standard InChI is InChI=1S/C24H20ClFN2O3S/c1-24(2)11-19-17(13-31-24)20-21(32-19)22(29)28(16-8-5-7-15(25)10-16)23(30)27(20)12-14-6-3-4-9-18(14)26/h3-10H,11-13H2,1-2H3. The van der Waals surface area contributed by atoms with Crippen molar-refractivity contribution in [3.8, 4) is 5.69 Å². The first-order valence-corrected chi connectivity index (χ1v) is 11.4. The van der Waals surface area contributed by atoms with E-state index >= 15 is 0 Å². The molecular formula is C24H20ClFN2O3S. The number of hydrogen-bond donors (Lipinski definition) is 0. The number of aromatic nitrogens is 2. The monoisotopic (exact) mass is 470 g/mol. The van der Waals surface area contributed by atoms with E-state index in [0.717, 1.165) is 15.0 Å². The summed E-state index contributed by atoms with van der Waals surface area (Å²) in [5.41, 5.74) is 0.776. The highest BCUT2D eigenvalue weighted by Gasteiger charge is 2.32. The molecule has 8 heteroatoms. The summed E-state index contributed by atoms with van der Waals surface area (Å²) in [5.74, 6) is -0.408. The normalized spacial score (nSPS) is 15.1. The Hall–Kier alpha value is -2.74. The second-order valence-corrected chi connectivity index (χ2v) is 10.0. The first-order valence-electron chi connectivity index (χ1n) is 10.2.